The SMILES string of the molecule is CCc1ccc(Nc2nc(N)c(F)cc2F)cc1. The van der Waals surface area contributed by atoms with Crippen LogP contribution < -0.4 is 11.1 Å². The average Bonchev–Trinajstić information content (AvgIpc) is 2.37. The van der Waals surface area contributed by atoms with Crippen LogP contribution >= 0.6 is 0 Å². The number of rotatable bonds is 3. The minimum atomic E-state index is -0.862. The summed E-state index contributed by atoms with van der Waals surface area (Å²) in [7, 11) is 0. The van der Waals surface area contributed by atoms with Gasteiger partial charge in [0.05, 0.1) is 0 Å². The molecule has 0 amide bonds. The van der Waals surface area contributed by atoms with Crippen molar-refractivity contribution in [2.24, 2.45) is 0 Å². The molecule has 2 aromatic rings. The van der Waals surface area contributed by atoms with E-state index in [0.717, 1.165) is 6.42 Å². The van der Waals surface area contributed by atoms with Crippen LogP contribution in [0.5, 0.6) is 0 Å². The number of aryl methyl sites for hydroxylation is 1. The van der Waals surface area contributed by atoms with Gasteiger partial charge in [0.15, 0.2) is 23.3 Å². The second kappa shape index (κ2) is 5.00. The van der Waals surface area contributed by atoms with Gasteiger partial charge >= 0.3 is 0 Å². The van der Waals surface area contributed by atoms with Crippen LogP contribution in [0, 0.1) is 11.6 Å². The maximum Gasteiger partial charge on any atom is 0.169 e. The quantitative estimate of drug-likeness (QED) is 0.877. The van der Waals surface area contributed by atoms with Gasteiger partial charge in [0.1, 0.15) is 0 Å². The summed E-state index contributed by atoms with van der Waals surface area (Å²) in [6.45, 7) is 2.05. The lowest BCUT2D eigenvalue weighted by atomic mass is 10.1. The fourth-order valence-electron chi connectivity index (χ4n) is 1.53. The number of nitrogens with zero attached hydrogens (tertiary/aromatic N) is 1. The fraction of sp³-hybridized carbons (Fsp3) is 0.154. The van der Waals surface area contributed by atoms with Gasteiger partial charge in [0.25, 0.3) is 0 Å². The molecule has 1 aromatic heterocycles. The summed E-state index contributed by atoms with van der Waals surface area (Å²) in [4.78, 5) is 3.63. The van der Waals surface area contributed by atoms with Crippen molar-refractivity contribution < 1.29 is 8.78 Å². The topological polar surface area (TPSA) is 50.9 Å². The zero-order valence-electron chi connectivity index (χ0n) is 9.87. The van der Waals surface area contributed by atoms with Gasteiger partial charge in [-0.05, 0) is 24.1 Å². The molecule has 0 bridgehead atoms. The summed E-state index contributed by atoms with van der Waals surface area (Å²) in [6, 6.07) is 8.17. The summed E-state index contributed by atoms with van der Waals surface area (Å²) < 4.78 is 26.4. The first-order valence-corrected chi connectivity index (χ1v) is 5.57. The minimum Gasteiger partial charge on any atom is -0.381 e. The number of pyridine rings is 1. The molecule has 0 radical (unpaired) electrons. The lowest BCUT2D eigenvalue weighted by Gasteiger charge is -2.08. The molecule has 0 unspecified atom stereocenters. The van der Waals surface area contributed by atoms with Gasteiger partial charge in [-0.3, -0.25) is 0 Å². The normalized spacial score (nSPS) is 10.4. The van der Waals surface area contributed by atoms with E-state index in [1.165, 1.54) is 5.56 Å². The maximum absolute atomic E-state index is 13.4. The van der Waals surface area contributed by atoms with Gasteiger partial charge in [0.2, 0.25) is 0 Å². The van der Waals surface area contributed by atoms with Crippen LogP contribution in [-0.4, -0.2) is 4.98 Å². The number of benzene rings is 1. The summed E-state index contributed by atoms with van der Waals surface area (Å²) >= 11 is 0. The number of hydrogen-bond donors (Lipinski definition) is 2. The Bertz CT molecular complexity index is 553. The molecule has 2 rings (SSSR count). The maximum atomic E-state index is 13.4. The Balaban J connectivity index is 2.25. The standard InChI is InChI=1S/C13H13F2N3/c1-2-8-3-5-9(6-4-8)17-13-11(15)7-10(14)12(16)18-13/h3-7H,2H2,1H3,(H3,16,17,18). The lowest BCUT2D eigenvalue weighted by Crippen LogP contribution is -2.03. The van der Waals surface area contributed by atoms with E-state index in [1.807, 2.05) is 19.1 Å². The van der Waals surface area contributed by atoms with Crippen molar-refractivity contribution >= 4 is 17.3 Å². The lowest BCUT2D eigenvalue weighted by molar-refractivity contribution is 0.581. The number of hydrogen-bond acceptors (Lipinski definition) is 3. The van der Waals surface area contributed by atoms with Crippen LogP contribution in [0.25, 0.3) is 0 Å². The Morgan fingerprint density at radius 3 is 2.44 bits per heavy atom. The van der Waals surface area contributed by atoms with E-state index in [0.29, 0.717) is 11.8 Å². The number of halogens is 2. The molecule has 5 heteroatoms. The number of nitrogens with one attached hydrogen (secondary N) is 1. The number of nitrogen functional groups attached to an aromatic ring is 1. The van der Waals surface area contributed by atoms with Crippen LogP contribution in [0.15, 0.2) is 30.3 Å². The highest BCUT2D eigenvalue weighted by molar-refractivity contribution is 5.58. The van der Waals surface area contributed by atoms with Crippen molar-refractivity contribution in [1.29, 1.82) is 0 Å². The first-order valence-electron chi connectivity index (χ1n) is 5.57. The van der Waals surface area contributed by atoms with Crippen LogP contribution in [0.1, 0.15) is 12.5 Å². The molecule has 0 spiro atoms. The highest BCUT2D eigenvalue weighted by atomic mass is 19.1. The van der Waals surface area contributed by atoms with Gasteiger partial charge in [-0.25, -0.2) is 13.8 Å². The summed E-state index contributed by atoms with van der Waals surface area (Å²) in [6.07, 6.45) is 0.927. The average molecular weight is 249 g/mol. The monoisotopic (exact) mass is 249 g/mol. The number of anilines is 3. The van der Waals surface area contributed by atoms with Crippen molar-refractivity contribution in [3.05, 3.63) is 47.5 Å². The van der Waals surface area contributed by atoms with E-state index >= 15 is 0 Å². The molecule has 0 fully saturated rings. The fourth-order valence-corrected chi connectivity index (χ4v) is 1.53. The molecule has 94 valence electrons. The van der Waals surface area contributed by atoms with E-state index in [9.17, 15) is 8.78 Å². The Morgan fingerprint density at radius 2 is 1.83 bits per heavy atom. The molecule has 3 N–H and O–H groups in total. The molecule has 1 aromatic carbocycles. The molecule has 0 aliphatic rings. The van der Waals surface area contributed by atoms with E-state index in [2.05, 4.69) is 10.3 Å². The third-order valence-electron chi connectivity index (χ3n) is 2.58. The minimum absolute atomic E-state index is 0.0850. The van der Waals surface area contributed by atoms with Gasteiger partial charge < -0.3 is 11.1 Å². The van der Waals surface area contributed by atoms with Crippen LogP contribution in [-0.2, 0) is 6.42 Å². The molecule has 0 aliphatic carbocycles. The van der Waals surface area contributed by atoms with Crippen molar-refractivity contribution in [2.75, 3.05) is 11.1 Å². The molecule has 0 saturated carbocycles. The zero-order valence-corrected chi connectivity index (χ0v) is 9.87. The Morgan fingerprint density at radius 1 is 1.17 bits per heavy atom. The van der Waals surface area contributed by atoms with E-state index in [-0.39, 0.29) is 11.6 Å². The Hall–Kier alpha value is -2.17. The molecule has 0 aliphatic heterocycles. The molecule has 18 heavy (non-hydrogen) atoms. The first kappa shape index (κ1) is 12.3. The van der Waals surface area contributed by atoms with E-state index in [4.69, 9.17) is 5.73 Å². The second-order valence-electron chi connectivity index (χ2n) is 3.86. The third kappa shape index (κ3) is 2.56. The van der Waals surface area contributed by atoms with Crippen LogP contribution in [0.4, 0.5) is 26.1 Å². The van der Waals surface area contributed by atoms with E-state index in [1.54, 1.807) is 12.1 Å². The Kier molecular flexibility index (Phi) is 3.41. The highest BCUT2D eigenvalue weighted by Gasteiger charge is 2.09. The molecule has 0 saturated heterocycles. The summed E-state index contributed by atoms with van der Waals surface area (Å²) in [5.41, 5.74) is 7.14. The molecular weight excluding hydrogens is 236 g/mol. The van der Waals surface area contributed by atoms with Gasteiger partial charge in [-0.2, -0.15) is 0 Å². The van der Waals surface area contributed by atoms with Crippen molar-refractivity contribution in [3.63, 3.8) is 0 Å². The van der Waals surface area contributed by atoms with Crippen LogP contribution in [0.3, 0.4) is 0 Å². The highest BCUT2D eigenvalue weighted by Crippen LogP contribution is 2.21. The van der Waals surface area contributed by atoms with Gasteiger partial charge in [-0.15, -0.1) is 0 Å². The molecule has 0 atom stereocenters. The predicted molar refractivity (Wildman–Crippen MR) is 67.7 cm³/mol. The Labute approximate surface area is 104 Å². The predicted octanol–water partition coefficient (Wildman–Crippen LogP) is 3.25. The van der Waals surface area contributed by atoms with Crippen molar-refractivity contribution in [1.82, 2.24) is 4.98 Å². The molecule has 1 heterocycles. The van der Waals surface area contributed by atoms with Gasteiger partial charge in [0, 0.05) is 11.8 Å². The van der Waals surface area contributed by atoms with Crippen LogP contribution in [0.2, 0.25) is 0 Å². The zero-order chi connectivity index (χ0) is 13.1. The first-order chi connectivity index (χ1) is 8.60. The largest absolute Gasteiger partial charge is 0.381 e. The smallest absolute Gasteiger partial charge is 0.169 e. The summed E-state index contributed by atoms with van der Waals surface area (Å²) in [5.74, 6) is -2.05. The number of nitrogens with two attached hydrogens (primary N) is 1. The van der Waals surface area contributed by atoms with Crippen molar-refractivity contribution in [3.8, 4) is 0 Å². The van der Waals surface area contributed by atoms with Gasteiger partial charge in [-0.1, -0.05) is 19.1 Å². The molecule has 3 nitrogen and oxygen atoms in total. The van der Waals surface area contributed by atoms with Crippen molar-refractivity contribution in [2.45, 2.75) is 13.3 Å². The molecular formula is C13H13F2N3. The number of aromatic nitrogens is 1. The third-order valence-corrected chi connectivity index (χ3v) is 2.58. The second-order valence-corrected chi connectivity index (χ2v) is 3.86. The summed E-state index contributed by atoms with van der Waals surface area (Å²) in [5, 5.41) is 2.76. The van der Waals surface area contributed by atoms with E-state index < -0.39 is 11.6 Å².